The number of aryl methyl sites for hydroxylation is 2. The van der Waals surface area contributed by atoms with Crippen LogP contribution >= 0.6 is 0 Å². The predicted octanol–water partition coefficient (Wildman–Crippen LogP) is 2.97. The lowest BCUT2D eigenvalue weighted by atomic mass is 10.0. The molecule has 0 amide bonds. The maximum Gasteiger partial charge on any atom is 0.237 e. The molecule has 124 valence electrons. The van der Waals surface area contributed by atoms with Gasteiger partial charge < -0.3 is 14.5 Å². The largest absolute Gasteiger partial charge is 0.474 e. The summed E-state index contributed by atoms with van der Waals surface area (Å²) in [6.45, 7) is 4.82. The molecule has 0 spiro atoms. The van der Waals surface area contributed by atoms with Gasteiger partial charge in [-0.2, -0.15) is 0 Å². The van der Waals surface area contributed by atoms with Gasteiger partial charge in [0.25, 0.3) is 0 Å². The van der Waals surface area contributed by atoms with Crippen molar-refractivity contribution in [2.75, 3.05) is 30.5 Å². The van der Waals surface area contributed by atoms with Crippen molar-refractivity contribution in [1.29, 1.82) is 0 Å². The molecule has 0 N–H and O–H groups in total. The van der Waals surface area contributed by atoms with Gasteiger partial charge in [0, 0.05) is 32.3 Å². The number of likely N-dealkylation sites (N-methyl/N-ethyl adjacent to an activating group) is 2. The monoisotopic (exact) mass is 322 g/mol. The summed E-state index contributed by atoms with van der Waals surface area (Å²) in [4.78, 5) is 14.2. The zero-order valence-electron chi connectivity index (χ0n) is 14.6. The summed E-state index contributed by atoms with van der Waals surface area (Å²) in [5.74, 6) is 1.36. The average molecular weight is 322 g/mol. The van der Waals surface area contributed by atoms with Crippen molar-refractivity contribution in [3.63, 3.8) is 0 Å². The summed E-state index contributed by atoms with van der Waals surface area (Å²) in [5.41, 5.74) is 7.18. The molecule has 0 bridgehead atoms. The highest BCUT2D eigenvalue weighted by atomic mass is 16.5. The van der Waals surface area contributed by atoms with Gasteiger partial charge in [-0.25, -0.2) is 4.98 Å². The highest BCUT2D eigenvalue weighted by molar-refractivity contribution is 5.65. The Kier molecular flexibility index (Phi) is 2.71. The Morgan fingerprint density at radius 3 is 2.75 bits per heavy atom. The first-order valence-electron chi connectivity index (χ1n) is 8.61. The molecule has 2 aliphatic heterocycles. The Morgan fingerprint density at radius 1 is 1.08 bits per heavy atom. The lowest BCUT2D eigenvalue weighted by Crippen LogP contribution is -2.35. The molecule has 5 nitrogen and oxygen atoms in total. The molecule has 0 radical (unpaired) electrons. The normalized spacial score (nSPS) is 26.6. The SMILES string of the molecule is Cc1cnc2c(c1)N(C)[C@@H](c1nc3c(cc1C)N(C)C1CC31)CO2. The number of aromatic nitrogens is 2. The Bertz CT molecular complexity index is 850. The average Bonchev–Trinajstić information content (AvgIpc) is 3.31. The predicted molar refractivity (Wildman–Crippen MR) is 94.1 cm³/mol. The number of anilines is 2. The molecule has 3 aliphatic rings. The highest BCUT2D eigenvalue weighted by Crippen LogP contribution is 2.55. The molecule has 1 saturated carbocycles. The van der Waals surface area contributed by atoms with Crippen LogP contribution in [0.25, 0.3) is 0 Å². The van der Waals surface area contributed by atoms with Crippen molar-refractivity contribution in [1.82, 2.24) is 9.97 Å². The van der Waals surface area contributed by atoms with Crippen molar-refractivity contribution in [3.05, 3.63) is 40.8 Å². The molecule has 2 aromatic heterocycles. The van der Waals surface area contributed by atoms with Crippen molar-refractivity contribution >= 4 is 11.4 Å². The van der Waals surface area contributed by atoms with Crippen LogP contribution in [0.1, 0.15) is 40.9 Å². The quantitative estimate of drug-likeness (QED) is 0.807. The van der Waals surface area contributed by atoms with Gasteiger partial charge in [-0.3, -0.25) is 4.98 Å². The zero-order chi connectivity index (χ0) is 16.6. The molecule has 5 heteroatoms. The Labute approximate surface area is 142 Å². The fourth-order valence-corrected chi connectivity index (χ4v) is 4.21. The summed E-state index contributed by atoms with van der Waals surface area (Å²) < 4.78 is 5.95. The van der Waals surface area contributed by atoms with E-state index in [-0.39, 0.29) is 6.04 Å². The first-order valence-corrected chi connectivity index (χ1v) is 8.61. The molecule has 0 saturated heterocycles. The van der Waals surface area contributed by atoms with Crippen LogP contribution in [0.2, 0.25) is 0 Å². The molecule has 3 atom stereocenters. The van der Waals surface area contributed by atoms with E-state index in [0.29, 0.717) is 18.6 Å². The minimum atomic E-state index is 0.134. The third-order valence-electron chi connectivity index (χ3n) is 5.76. The minimum Gasteiger partial charge on any atom is -0.474 e. The van der Waals surface area contributed by atoms with Crippen molar-refractivity contribution in [2.24, 2.45) is 0 Å². The molecule has 5 rings (SSSR count). The van der Waals surface area contributed by atoms with Crippen LogP contribution in [0, 0.1) is 13.8 Å². The van der Waals surface area contributed by atoms with Gasteiger partial charge in [0.05, 0.1) is 17.1 Å². The van der Waals surface area contributed by atoms with Gasteiger partial charge in [-0.1, -0.05) is 0 Å². The standard InChI is InChI=1S/C19H22N4O/c1-10-5-15-19(20-8-10)24-9-16(23(15)4)17-11(2)6-14-18(21-17)12-7-13(12)22(14)3/h5-6,8,12-13,16H,7,9H2,1-4H3/t12?,13?,16-/m1/s1. The zero-order valence-corrected chi connectivity index (χ0v) is 14.6. The highest BCUT2D eigenvalue weighted by Gasteiger charge is 2.50. The van der Waals surface area contributed by atoms with E-state index in [4.69, 9.17) is 9.72 Å². The summed E-state index contributed by atoms with van der Waals surface area (Å²) in [5, 5.41) is 0. The first-order chi connectivity index (χ1) is 11.5. The summed E-state index contributed by atoms with van der Waals surface area (Å²) in [6, 6.07) is 5.26. The number of nitrogens with zero attached hydrogens (tertiary/aromatic N) is 4. The second-order valence-electron chi connectivity index (χ2n) is 7.39. The fraction of sp³-hybridized carbons (Fsp3) is 0.474. The van der Waals surface area contributed by atoms with E-state index in [1.54, 1.807) is 0 Å². The number of hydrogen-bond acceptors (Lipinski definition) is 5. The Morgan fingerprint density at radius 2 is 1.92 bits per heavy atom. The Hall–Kier alpha value is -2.30. The Balaban J connectivity index is 1.57. The fourth-order valence-electron chi connectivity index (χ4n) is 4.21. The summed E-state index contributed by atoms with van der Waals surface area (Å²) in [6.07, 6.45) is 3.11. The molecule has 1 aliphatic carbocycles. The molecule has 2 aromatic rings. The molecular formula is C19H22N4O. The molecule has 2 unspecified atom stereocenters. The van der Waals surface area contributed by atoms with Crippen LogP contribution in [0.15, 0.2) is 18.3 Å². The maximum absolute atomic E-state index is 5.95. The minimum absolute atomic E-state index is 0.134. The smallest absolute Gasteiger partial charge is 0.237 e. The van der Waals surface area contributed by atoms with E-state index in [0.717, 1.165) is 22.8 Å². The molecule has 4 heterocycles. The first kappa shape index (κ1) is 14.1. The van der Waals surface area contributed by atoms with Gasteiger partial charge in [0.1, 0.15) is 18.3 Å². The van der Waals surface area contributed by atoms with E-state index in [2.05, 4.69) is 54.9 Å². The summed E-state index contributed by atoms with van der Waals surface area (Å²) >= 11 is 0. The maximum atomic E-state index is 5.95. The van der Waals surface area contributed by atoms with Gasteiger partial charge in [0.2, 0.25) is 5.88 Å². The number of fused-ring (bicyclic) bond motifs is 4. The van der Waals surface area contributed by atoms with E-state index in [9.17, 15) is 0 Å². The molecule has 24 heavy (non-hydrogen) atoms. The number of rotatable bonds is 1. The van der Waals surface area contributed by atoms with Crippen LogP contribution in [0.4, 0.5) is 11.4 Å². The van der Waals surface area contributed by atoms with Gasteiger partial charge in [-0.15, -0.1) is 0 Å². The topological polar surface area (TPSA) is 41.5 Å². The van der Waals surface area contributed by atoms with E-state index in [1.807, 2.05) is 6.20 Å². The van der Waals surface area contributed by atoms with Crippen LogP contribution in [0.5, 0.6) is 5.88 Å². The van der Waals surface area contributed by atoms with Crippen LogP contribution in [-0.2, 0) is 0 Å². The van der Waals surface area contributed by atoms with Gasteiger partial charge in [-0.05, 0) is 43.5 Å². The summed E-state index contributed by atoms with van der Waals surface area (Å²) in [7, 11) is 4.31. The van der Waals surface area contributed by atoms with Crippen LogP contribution < -0.4 is 14.5 Å². The van der Waals surface area contributed by atoms with E-state index >= 15 is 0 Å². The van der Waals surface area contributed by atoms with E-state index in [1.165, 1.54) is 23.4 Å². The lowest BCUT2D eigenvalue weighted by molar-refractivity contribution is 0.255. The van der Waals surface area contributed by atoms with Crippen LogP contribution in [0.3, 0.4) is 0 Å². The van der Waals surface area contributed by atoms with Crippen molar-refractivity contribution < 1.29 is 4.74 Å². The van der Waals surface area contributed by atoms with Crippen molar-refractivity contribution in [3.8, 4) is 5.88 Å². The van der Waals surface area contributed by atoms with Crippen LogP contribution in [-0.4, -0.2) is 36.7 Å². The second-order valence-corrected chi connectivity index (χ2v) is 7.39. The lowest BCUT2D eigenvalue weighted by Gasteiger charge is -2.35. The number of hydrogen-bond donors (Lipinski definition) is 0. The molecule has 1 fully saturated rings. The molecular weight excluding hydrogens is 300 g/mol. The van der Waals surface area contributed by atoms with Gasteiger partial charge in [0.15, 0.2) is 0 Å². The van der Waals surface area contributed by atoms with Gasteiger partial charge >= 0.3 is 0 Å². The second kappa shape index (κ2) is 4.62. The molecule has 0 aromatic carbocycles. The van der Waals surface area contributed by atoms with E-state index < -0.39 is 0 Å². The van der Waals surface area contributed by atoms with Crippen molar-refractivity contribution in [2.45, 2.75) is 38.3 Å². The number of ether oxygens (including phenoxy) is 1. The third kappa shape index (κ3) is 1.81. The third-order valence-corrected chi connectivity index (χ3v) is 5.76. The number of pyridine rings is 2.